The third kappa shape index (κ3) is 1.31. The molecule has 68 valence electrons. The second kappa shape index (κ2) is 2.85. The van der Waals surface area contributed by atoms with Crippen LogP contribution in [0.25, 0.3) is 10.9 Å². The van der Waals surface area contributed by atoms with E-state index >= 15 is 0 Å². The molecule has 0 aliphatic heterocycles. The predicted molar refractivity (Wildman–Crippen MR) is 53.3 cm³/mol. The number of fused-ring (bicyclic) bond motifs is 1. The average Bonchev–Trinajstić information content (AvgIpc) is 2.43. The van der Waals surface area contributed by atoms with Gasteiger partial charge >= 0.3 is 0 Å². The second-order valence-corrected chi connectivity index (χ2v) is 3.37. The van der Waals surface area contributed by atoms with Crippen molar-refractivity contribution < 1.29 is 0 Å². The summed E-state index contributed by atoms with van der Waals surface area (Å²) < 4.78 is 1.82. The first-order chi connectivity index (χ1) is 6.18. The van der Waals surface area contributed by atoms with E-state index in [0.29, 0.717) is 0 Å². The zero-order valence-corrected chi connectivity index (χ0v) is 7.86. The van der Waals surface area contributed by atoms with Gasteiger partial charge in [0.2, 0.25) is 0 Å². The van der Waals surface area contributed by atoms with Crippen LogP contribution < -0.4 is 5.73 Å². The summed E-state index contributed by atoms with van der Waals surface area (Å²) in [6.45, 7) is 1.99. The van der Waals surface area contributed by atoms with Crippen LogP contribution in [0, 0.1) is 0 Å². The lowest BCUT2D eigenvalue weighted by Crippen LogP contribution is -2.04. The molecule has 13 heavy (non-hydrogen) atoms. The van der Waals surface area contributed by atoms with Gasteiger partial charge in [0.05, 0.1) is 5.52 Å². The van der Waals surface area contributed by atoms with Crippen molar-refractivity contribution in [3.05, 3.63) is 30.0 Å². The molecule has 2 N–H and O–H groups in total. The van der Waals surface area contributed by atoms with Crippen molar-refractivity contribution in [3.63, 3.8) is 0 Å². The molecule has 0 aliphatic carbocycles. The normalized spacial score (nSPS) is 13.5. The fourth-order valence-corrected chi connectivity index (χ4v) is 1.58. The highest BCUT2D eigenvalue weighted by atomic mass is 15.2. The van der Waals surface area contributed by atoms with Crippen molar-refractivity contribution in [2.24, 2.45) is 12.8 Å². The van der Waals surface area contributed by atoms with Crippen molar-refractivity contribution in [1.29, 1.82) is 0 Å². The smallest absolute Gasteiger partial charge is 0.0926 e. The summed E-state index contributed by atoms with van der Waals surface area (Å²) in [6.07, 6.45) is 2.01. The molecule has 0 spiro atoms. The molecule has 0 bridgehead atoms. The van der Waals surface area contributed by atoms with Gasteiger partial charge in [-0.2, -0.15) is 5.10 Å². The van der Waals surface area contributed by atoms with Gasteiger partial charge in [-0.25, -0.2) is 0 Å². The van der Waals surface area contributed by atoms with E-state index in [0.717, 1.165) is 16.5 Å². The molecule has 1 aromatic carbocycles. The maximum atomic E-state index is 5.85. The first-order valence-corrected chi connectivity index (χ1v) is 4.36. The quantitative estimate of drug-likeness (QED) is 0.715. The Morgan fingerprint density at radius 1 is 1.46 bits per heavy atom. The third-order valence-corrected chi connectivity index (χ3v) is 2.19. The highest BCUT2D eigenvalue weighted by molar-refractivity contribution is 5.82. The van der Waals surface area contributed by atoms with Crippen LogP contribution in [-0.4, -0.2) is 9.78 Å². The number of rotatable bonds is 1. The Hall–Kier alpha value is -1.35. The van der Waals surface area contributed by atoms with Gasteiger partial charge in [0.25, 0.3) is 0 Å². The number of aromatic nitrogens is 2. The number of nitrogens with two attached hydrogens (primary N) is 1. The fraction of sp³-hybridized carbons (Fsp3) is 0.300. The first kappa shape index (κ1) is 8.26. The first-order valence-electron chi connectivity index (χ1n) is 4.36. The molecular weight excluding hydrogens is 162 g/mol. The summed E-state index contributed by atoms with van der Waals surface area (Å²) in [6, 6.07) is 6.11. The number of benzene rings is 1. The Morgan fingerprint density at radius 3 is 2.92 bits per heavy atom. The molecule has 1 atom stereocenters. The van der Waals surface area contributed by atoms with Crippen LogP contribution in [0.15, 0.2) is 24.4 Å². The van der Waals surface area contributed by atoms with Crippen molar-refractivity contribution in [3.8, 4) is 0 Å². The minimum Gasteiger partial charge on any atom is -0.324 e. The number of hydrogen-bond acceptors (Lipinski definition) is 2. The van der Waals surface area contributed by atoms with Gasteiger partial charge in [0.1, 0.15) is 0 Å². The van der Waals surface area contributed by atoms with Crippen molar-refractivity contribution in [2.75, 3.05) is 0 Å². The SMILES string of the molecule is CC(N)c1cccc2nn(C)cc12. The molecule has 1 heterocycles. The zero-order chi connectivity index (χ0) is 9.42. The van der Waals surface area contributed by atoms with Crippen LogP contribution >= 0.6 is 0 Å². The third-order valence-electron chi connectivity index (χ3n) is 2.19. The van der Waals surface area contributed by atoms with E-state index in [1.807, 2.05) is 37.0 Å². The van der Waals surface area contributed by atoms with Crippen molar-refractivity contribution >= 4 is 10.9 Å². The van der Waals surface area contributed by atoms with Gasteiger partial charge in [-0.1, -0.05) is 12.1 Å². The fourth-order valence-electron chi connectivity index (χ4n) is 1.58. The Balaban J connectivity index is 2.75. The lowest BCUT2D eigenvalue weighted by molar-refractivity contribution is 0.779. The number of aryl methyl sites for hydroxylation is 1. The average molecular weight is 175 g/mol. The van der Waals surface area contributed by atoms with Crippen LogP contribution in [0.5, 0.6) is 0 Å². The molecule has 2 aromatic rings. The van der Waals surface area contributed by atoms with Crippen LogP contribution in [0.4, 0.5) is 0 Å². The van der Waals surface area contributed by atoms with Gasteiger partial charge < -0.3 is 5.73 Å². The van der Waals surface area contributed by atoms with E-state index in [-0.39, 0.29) is 6.04 Å². The summed E-state index contributed by atoms with van der Waals surface area (Å²) in [5.41, 5.74) is 8.02. The Morgan fingerprint density at radius 2 is 2.23 bits per heavy atom. The van der Waals surface area contributed by atoms with E-state index < -0.39 is 0 Å². The molecule has 1 aromatic heterocycles. The lowest BCUT2D eigenvalue weighted by Gasteiger charge is -2.05. The standard InChI is InChI=1S/C10H13N3/c1-7(11)8-4-3-5-10-9(8)6-13(2)12-10/h3-7H,11H2,1-2H3. The highest BCUT2D eigenvalue weighted by Crippen LogP contribution is 2.21. The minimum absolute atomic E-state index is 0.0629. The summed E-state index contributed by atoms with van der Waals surface area (Å²) in [7, 11) is 1.92. The molecule has 3 heteroatoms. The van der Waals surface area contributed by atoms with E-state index in [4.69, 9.17) is 5.73 Å². The predicted octanol–water partition coefficient (Wildman–Crippen LogP) is 1.59. The Labute approximate surface area is 77.2 Å². The Bertz CT molecular complexity index is 429. The summed E-state index contributed by atoms with van der Waals surface area (Å²) in [4.78, 5) is 0. The van der Waals surface area contributed by atoms with E-state index in [9.17, 15) is 0 Å². The zero-order valence-electron chi connectivity index (χ0n) is 7.86. The summed E-state index contributed by atoms with van der Waals surface area (Å²) >= 11 is 0. The maximum Gasteiger partial charge on any atom is 0.0926 e. The molecule has 2 rings (SSSR count). The molecule has 0 amide bonds. The minimum atomic E-state index is 0.0629. The summed E-state index contributed by atoms with van der Waals surface area (Å²) in [5, 5.41) is 5.47. The molecule has 0 radical (unpaired) electrons. The van der Waals surface area contributed by atoms with Gasteiger partial charge in [0, 0.05) is 24.7 Å². The van der Waals surface area contributed by atoms with Gasteiger partial charge in [-0.15, -0.1) is 0 Å². The van der Waals surface area contributed by atoms with Crippen molar-refractivity contribution in [1.82, 2.24) is 9.78 Å². The van der Waals surface area contributed by atoms with Crippen molar-refractivity contribution in [2.45, 2.75) is 13.0 Å². The van der Waals surface area contributed by atoms with E-state index in [1.54, 1.807) is 0 Å². The second-order valence-electron chi connectivity index (χ2n) is 3.37. The molecular formula is C10H13N3. The molecule has 3 nitrogen and oxygen atoms in total. The van der Waals surface area contributed by atoms with Crippen LogP contribution in [0.3, 0.4) is 0 Å². The summed E-state index contributed by atoms with van der Waals surface area (Å²) in [5.74, 6) is 0. The van der Waals surface area contributed by atoms with Gasteiger partial charge in [0.15, 0.2) is 0 Å². The number of nitrogens with zero attached hydrogens (tertiary/aromatic N) is 2. The van der Waals surface area contributed by atoms with Gasteiger partial charge in [-0.05, 0) is 18.6 Å². The lowest BCUT2D eigenvalue weighted by atomic mass is 10.1. The highest BCUT2D eigenvalue weighted by Gasteiger charge is 2.06. The van der Waals surface area contributed by atoms with E-state index in [2.05, 4.69) is 11.2 Å². The Kier molecular flexibility index (Phi) is 1.81. The monoisotopic (exact) mass is 175 g/mol. The van der Waals surface area contributed by atoms with E-state index in [1.165, 1.54) is 0 Å². The van der Waals surface area contributed by atoms with Gasteiger partial charge in [-0.3, -0.25) is 4.68 Å². The molecule has 0 saturated carbocycles. The largest absolute Gasteiger partial charge is 0.324 e. The molecule has 0 aliphatic rings. The molecule has 0 fully saturated rings. The van der Waals surface area contributed by atoms with Crippen LogP contribution in [-0.2, 0) is 7.05 Å². The molecule has 1 unspecified atom stereocenters. The number of hydrogen-bond donors (Lipinski definition) is 1. The molecule has 0 saturated heterocycles. The topological polar surface area (TPSA) is 43.8 Å². The van der Waals surface area contributed by atoms with Crippen LogP contribution in [0.2, 0.25) is 0 Å². The van der Waals surface area contributed by atoms with Crippen LogP contribution in [0.1, 0.15) is 18.5 Å². The maximum absolute atomic E-state index is 5.85.